The lowest BCUT2D eigenvalue weighted by atomic mass is 10.1. The molecule has 0 saturated carbocycles. The lowest BCUT2D eigenvalue weighted by molar-refractivity contribution is 0.0979. The van der Waals surface area contributed by atoms with Gasteiger partial charge in [-0.05, 0) is 22.0 Å². The summed E-state index contributed by atoms with van der Waals surface area (Å²) in [5, 5.41) is 0.349. The first-order chi connectivity index (χ1) is 6.65. The zero-order valence-corrected chi connectivity index (χ0v) is 9.60. The number of aromatic nitrogens is 1. The fourth-order valence-electron chi connectivity index (χ4n) is 0.924. The van der Waals surface area contributed by atoms with Crippen LogP contribution >= 0.6 is 27.5 Å². The molecule has 0 aliphatic carbocycles. The van der Waals surface area contributed by atoms with Gasteiger partial charge in [-0.15, -0.1) is 12.3 Å². The van der Waals surface area contributed by atoms with E-state index >= 15 is 0 Å². The Hall–Kier alpha value is -0.850. The van der Waals surface area contributed by atoms with Crippen molar-refractivity contribution in [1.29, 1.82) is 0 Å². The summed E-state index contributed by atoms with van der Waals surface area (Å²) in [6, 6.07) is 1.64. The molecule has 0 spiro atoms. The normalized spacial score (nSPS) is 9.50. The van der Waals surface area contributed by atoms with E-state index in [1.165, 1.54) is 6.20 Å². The molecule has 0 amide bonds. The monoisotopic (exact) mass is 271 g/mol. The fraction of sp³-hybridized carbons (Fsp3) is 0.200. The molecule has 0 N–H and O–H groups in total. The number of hydrogen-bond donors (Lipinski definition) is 0. The molecule has 0 aliphatic heterocycles. The number of halogens is 2. The minimum absolute atomic E-state index is 0.125. The van der Waals surface area contributed by atoms with Gasteiger partial charge in [-0.25, -0.2) is 0 Å². The number of pyridine rings is 1. The molecule has 1 rings (SSSR count). The van der Waals surface area contributed by atoms with Crippen molar-refractivity contribution in [3.05, 3.63) is 27.5 Å². The van der Waals surface area contributed by atoms with Gasteiger partial charge < -0.3 is 0 Å². The fourth-order valence-corrected chi connectivity index (χ4v) is 1.66. The van der Waals surface area contributed by atoms with Gasteiger partial charge in [0.2, 0.25) is 0 Å². The van der Waals surface area contributed by atoms with E-state index in [-0.39, 0.29) is 17.9 Å². The number of rotatable bonds is 3. The standard InChI is InChI=1S/C10H7BrClNO/c1-2-3-4-9(14)10-8(12)5-7(11)6-13-10/h1,5-6H,3-4H2. The van der Waals surface area contributed by atoms with E-state index in [1.807, 2.05) is 0 Å². The van der Waals surface area contributed by atoms with Crippen molar-refractivity contribution in [2.24, 2.45) is 0 Å². The minimum Gasteiger partial charge on any atom is -0.292 e. The van der Waals surface area contributed by atoms with Crippen molar-refractivity contribution in [3.8, 4) is 12.3 Å². The van der Waals surface area contributed by atoms with Gasteiger partial charge in [0.15, 0.2) is 5.78 Å². The van der Waals surface area contributed by atoms with Crippen molar-refractivity contribution >= 4 is 33.3 Å². The maximum atomic E-state index is 11.5. The zero-order chi connectivity index (χ0) is 10.6. The van der Waals surface area contributed by atoms with Crippen LogP contribution in [0.25, 0.3) is 0 Å². The van der Waals surface area contributed by atoms with Crippen LogP contribution in [0.4, 0.5) is 0 Å². The molecule has 1 aromatic heterocycles. The van der Waals surface area contributed by atoms with Crippen LogP contribution in [0.15, 0.2) is 16.7 Å². The predicted octanol–water partition coefficient (Wildman–Crippen LogP) is 3.09. The van der Waals surface area contributed by atoms with E-state index < -0.39 is 0 Å². The molecule has 0 fully saturated rings. The summed E-state index contributed by atoms with van der Waals surface area (Å²) in [4.78, 5) is 15.4. The molecule has 72 valence electrons. The molecule has 0 atom stereocenters. The molecule has 0 unspecified atom stereocenters. The molecule has 14 heavy (non-hydrogen) atoms. The largest absolute Gasteiger partial charge is 0.292 e. The third-order valence-electron chi connectivity index (χ3n) is 1.57. The summed E-state index contributed by atoms with van der Waals surface area (Å²) in [6.45, 7) is 0. The second-order valence-corrected chi connectivity index (χ2v) is 3.93. The summed E-state index contributed by atoms with van der Waals surface area (Å²) in [5.74, 6) is 2.27. The minimum atomic E-state index is -0.125. The first-order valence-electron chi connectivity index (χ1n) is 3.93. The first kappa shape index (κ1) is 11.2. The second-order valence-electron chi connectivity index (χ2n) is 2.61. The highest BCUT2D eigenvalue weighted by atomic mass is 79.9. The van der Waals surface area contributed by atoms with E-state index in [0.717, 1.165) is 4.47 Å². The zero-order valence-electron chi connectivity index (χ0n) is 7.26. The number of ketones is 1. The maximum Gasteiger partial charge on any atom is 0.183 e. The summed E-state index contributed by atoms with van der Waals surface area (Å²) in [5.41, 5.74) is 0.283. The van der Waals surface area contributed by atoms with Crippen LogP contribution in [0, 0.1) is 12.3 Å². The van der Waals surface area contributed by atoms with E-state index in [0.29, 0.717) is 11.4 Å². The Labute approximate surface area is 95.8 Å². The Kier molecular flexibility index (Phi) is 4.12. The van der Waals surface area contributed by atoms with E-state index in [9.17, 15) is 4.79 Å². The second kappa shape index (κ2) is 5.14. The average molecular weight is 273 g/mol. The Bertz CT molecular complexity index is 398. The topological polar surface area (TPSA) is 30.0 Å². The van der Waals surface area contributed by atoms with E-state index in [4.69, 9.17) is 18.0 Å². The third kappa shape index (κ3) is 2.83. The molecule has 0 aliphatic rings. The van der Waals surface area contributed by atoms with Crippen molar-refractivity contribution in [2.75, 3.05) is 0 Å². The number of nitrogens with zero attached hydrogens (tertiary/aromatic N) is 1. The lowest BCUT2D eigenvalue weighted by Gasteiger charge is -2.00. The molecule has 0 aromatic carbocycles. The lowest BCUT2D eigenvalue weighted by Crippen LogP contribution is -2.02. The Morgan fingerprint density at radius 3 is 3.00 bits per heavy atom. The quantitative estimate of drug-likeness (QED) is 0.625. The van der Waals surface area contributed by atoms with Crippen molar-refractivity contribution < 1.29 is 4.79 Å². The van der Waals surface area contributed by atoms with Gasteiger partial charge in [-0.1, -0.05) is 11.6 Å². The summed E-state index contributed by atoms with van der Waals surface area (Å²) >= 11 is 9.05. The molecular weight excluding hydrogens is 265 g/mol. The van der Waals surface area contributed by atoms with Crippen LogP contribution in [-0.2, 0) is 0 Å². The van der Waals surface area contributed by atoms with Crippen LogP contribution in [0.2, 0.25) is 5.02 Å². The van der Waals surface area contributed by atoms with E-state index in [2.05, 4.69) is 26.8 Å². The number of carbonyl (C=O) groups excluding carboxylic acids is 1. The van der Waals surface area contributed by atoms with E-state index in [1.54, 1.807) is 6.07 Å². The summed E-state index contributed by atoms with van der Waals surface area (Å²) in [7, 11) is 0. The van der Waals surface area contributed by atoms with Gasteiger partial charge in [-0.3, -0.25) is 9.78 Å². The highest BCUT2D eigenvalue weighted by Gasteiger charge is 2.11. The van der Waals surface area contributed by atoms with Crippen molar-refractivity contribution in [1.82, 2.24) is 4.98 Å². The Morgan fingerprint density at radius 2 is 2.43 bits per heavy atom. The van der Waals surface area contributed by atoms with Crippen LogP contribution in [0.5, 0.6) is 0 Å². The Balaban J connectivity index is 2.86. The van der Waals surface area contributed by atoms with Crippen LogP contribution in [0.1, 0.15) is 23.3 Å². The molecule has 0 radical (unpaired) electrons. The van der Waals surface area contributed by atoms with Gasteiger partial charge in [-0.2, -0.15) is 0 Å². The van der Waals surface area contributed by atoms with Gasteiger partial charge >= 0.3 is 0 Å². The number of Topliss-reactive ketones (excluding diaryl/α,β-unsaturated/α-hetero) is 1. The number of carbonyl (C=O) groups is 1. The average Bonchev–Trinajstić information content (AvgIpc) is 2.14. The number of hydrogen-bond acceptors (Lipinski definition) is 2. The van der Waals surface area contributed by atoms with Crippen LogP contribution < -0.4 is 0 Å². The van der Waals surface area contributed by atoms with Gasteiger partial charge in [0.25, 0.3) is 0 Å². The maximum absolute atomic E-state index is 11.5. The smallest absolute Gasteiger partial charge is 0.183 e. The predicted molar refractivity (Wildman–Crippen MR) is 59.3 cm³/mol. The van der Waals surface area contributed by atoms with Crippen molar-refractivity contribution in [3.63, 3.8) is 0 Å². The van der Waals surface area contributed by atoms with Gasteiger partial charge in [0, 0.05) is 23.5 Å². The molecule has 1 heterocycles. The molecule has 2 nitrogen and oxygen atoms in total. The van der Waals surface area contributed by atoms with Crippen LogP contribution in [0.3, 0.4) is 0 Å². The number of terminal acetylenes is 1. The molecule has 0 bridgehead atoms. The SMILES string of the molecule is C#CCCC(=O)c1ncc(Br)cc1Cl. The van der Waals surface area contributed by atoms with Crippen LogP contribution in [-0.4, -0.2) is 10.8 Å². The molecular formula is C10H7BrClNO. The molecule has 4 heteroatoms. The molecule has 1 aromatic rings. The molecule has 0 saturated heterocycles. The highest BCUT2D eigenvalue weighted by molar-refractivity contribution is 9.10. The summed E-state index contributed by atoms with van der Waals surface area (Å²) in [6.07, 6.45) is 7.28. The summed E-state index contributed by atoms with van der Waals surface area (Å²) < 4.78 is 0.746. The van der Waals surface area contributed by atoms with Crippen molar-refractivity contribution in [2.45, 2.75) is 12.8 Å². The van der Waals surface area contributed by atoms with Gasteiger partial charge in [0.05, 0.1) is 5.02 Å². The van der Waals surface area contributed by atoms with Gasteiger partial charge in [0.1, 0.15) is 5.69 Å². The Morgan fingerprint density at radius 1 is 1.71 bits per heavy atom. The third-order valence-corrected chi connectivity index (χ3v) is 2.29. The highest BCUT2D eigenvalue weighted by Crippen LogP contribution is 2.20. The first-order valence-corrected chi connectivity index (χ1v) is 5.10.